The predicted molar refractivity (Wildman–Crippen MR) is 82.7 cm³/mol. The maximum absolute atomic E-state index is 6.06. The minimum atomic E-state index is 0.413. The van der Waals surface area contributed by atoms with Crippen molar-refractivity contribution < 1.29 is 4.74 Å². The summed E-state index contributed by atoms with van der Waals surface area (Å²) in [6.07, 6.45) is 8.33. The quantitative estimate of drug-likeness (QED) is 0.696. The summed E-state index contributed by atoms with van der Waals surface area (Å²) in [6.45, 7) is 0.970. The molecule has 2 unspecified atom stereocenters. The van der Waals surface area contributed by atoms with Crippen molar-refractivity contribution in [3.63, 3.8) is 0 Å². The highest BCUT2D eigenvalue weighted by atomic mass is 79.9. The summed E-state index contributed by atoms with van der Waals surface area (Å²) in [5.74, 6) is 0.858. The fourth-order valence-corrected chi connectivity index (χ4v) is 4.39. The Morgan fingerprint density at radius 3 is 2.68 bits per heavy atom. The van der Waals surface area contributed by atoms with Gasteiger partial charge in [-0.15, -0.1) is 0 Å². The molecule has 1 saturated heterocycles. The van der Waals surface area contributed by atoms with Crippen molar-refractivity contribution in [2.24, 2.45) is 11.3 Å². The van der Waals surface area contributed by atoms with Gasteiger partial charge < -0.3 is 4.74 Å². The van der Waals surface area contributed by atoms with Gasteiger partial charge in [0.05, 0.1) is 6.10 Å². The number of alkyl halides is 1. The molecule has 2 atom stereocenters. The largest absolute Gasteiger partial charge is 0.377 e. The number of aryl methyl sites for hydroxylation is 1. The SMILES string of the molecule is BrCC1(CCCc2ccccc2)CCOC1C1CC1. The highest BCUT2D eigenvalue weighted by Gasteiger charge is 2.49. The highest BCUT2D eigenvalue weighted by Crippen LogP contribution is 2.51. The Kier molecular flexibility index (Phi) is 4.28. The lowest BCUT2D eigenvalue weighted by Gasteiger charge is -2.32. The lowest BCUT2D eigenvalue weighted by Crippen LogP contribution is -2.34. The summed E-state index contributed by atoms with van der Waals surface area (Å²) in [4.78, 5) is 0. The first-order valence-corrected chi connectivity index (χ1v) is 8.68. The van der Waals surface area contributed by atoms with Crippen molar-refractivity contribution in [1.29, 1.82) is 0 Å². The average molecular weight is 323 g/mol. The summed E-state index contributed by atoms with van der Waals surface area (Å²) in [5.41, 5.74) is 1.88. The molecule has 104 valence electrons. The smallest absolute Gasteiger partial charge is 0.0668 e. The van der Waals surface area contributed by atoms with Crippen LogP contribution in [0.4, 0.5) is 0 Å². The Balaban J connectivity index is 1.57. The molecular formula is C17H23BrO. The number of rotatable bonds is 6. The van der Waals surface area contributed by atoms with Crippen LogP contribution in [0.5, 0.6) is 0 Å². The molecule has 2 heteroatoms. The molecule has 3 rings (SSSR count). The molecule has 1 aromatic carbocycles. The van der Waals surface area contributed by atoms with Gasteiger partial charge in [-0.1, -0.05) is 46.3 Å². The second-order valence-corrected chi connectivity index (χ2v) is 6.77. The molecular weight excluding hydrogens is 300 g/mol. The number of benzene rings is 1. The summed E-state index contributed by atoms with van der Waals surface area (Å²) in [7, 11) is 0. The van der Waals surface area contributed by atoms with Gasteiger partial charge in [0.2, 0.25) is 0 Å². The molecule has 0 N–H and O–H groups in total. The van der Waals surface area contributed by atoms with Crippen LogP contribution < -0.4 is 0 Å². The minimum Gasteiger partial charge on any atom is -0.377 e. The fourth-order valence-electron chi connectivity index (χ4n) is 3.51. The lowest BCUT2D eigenvalue weighted by atomic mass is 9.76. The van der Waals surface area contributed by atoms with Crippen LogP contribution in [-0.2, 0) is 11.2 Å². The molecule has 19 heavy (non-hydrogen) atoms. The van der Waals surface area contributed by atoms with E-state index in [0.29, 0.717) is 11.5 Å². The van der Waals surface area contributed by atoms with Gasteiger partial charge in [0.15, 0.2) is 0 Å². The van der Waals surface area contributed by atoms with Gasteiger partial charge in [0.1, 0.15) is 0 Å². The molecule has 1 aromatic rings. The molecule has 1 saturated carbocycles. The predicted octanol–water partition coefficient (Wildman–Crippen LogP) is 4.59. The van der Waals surface area contributed by atoms with Crippen LogP contribution in [0.15, 0.2) is 30.3 Å². The Hall–Kier alpha value is -0.340. The number of hydrogen-bond donors (Lipinski definition) is 0. The second kappa shape index (κ2) is 5.97. The van der Waals surface area contributed by atoms with Gasteiger partial charge in [-0.25, -0.2) is 0 Å². The molecule has 0 amide bonds. The van der Waals surface area contributed by atoms with Crippen molar-refractivity contribution in [2.75, 3.05) is 11.9 Å². The molecule has 1 nitrogen and oxygen atoms in total. The van der Waals surface area contributed by atoms with Gasteiger partial charge in [-0.3, -0.25) is 0 Å². The molecule has 1 aliphatic heterocycles. The van der Waals surface area contributed by atoms with E-state index in [1.807, 2.05) is 0 Å². The van der Waals surface area contributed by atoms with E-state index in [4.69, 9.17) is 4.74 Å². The number of hydrogen-bond acceptors (Lipinski definition) is 1. The first-order chi connectivity index (χ1) is 9.34. The summed E-state index contributed by atoms with van der Waals surface area (Å²) in [6, 6.07) is 10.9. The summed E-state index contributed by atoms with van der Waals surface area (Å²) in [5, 5.41) is 1.11. The molecule has 0 bridgehead atoms. The van der Waals surface area contributed by atoms with Crippen LogP contribution in [0.25, 0.3) is 0 Å². The molecule has 1 heterocycles. The summed E-state index contributed by atoms with van der Waals surface area (Å²) < 4.78 is 6.06. The van der Waals surface area contributed by atoms with Crippen LogP contribution in [0, 0.1) is 11.3 Å². The zero-order chi connectivity index (χ0) is 13.1. The van der Waals surface area contributed by atoms with Gasteiger partial charge in [-0.05, 0) is 50.0 Å². The van der Waals surface area contributed by atoms with Crippen LogP contribution in [0.2, 0.25) is 0 Å². The van der Waals surface area contributed by atoms with E-state index in [1.54, 1.807) is 0 Å². The summed E-state index contributed by atoms with van der Waals surface area (Å²) >= 11 is 3.78. The fraction of sp³-hybridized carbons (Fsp3) is 0.647. The topological polar surface area (TPSA) is 9.23 Å². The van der Waals surface area contributed by atoms with E-state index in [2.05, 4.69) is 46.3 Å². The Morgan fingerprint density at radius 2 is 2.00 bits per heavy atom. The molecule has 2 fully saturated rings. The Bertz CT molecular complexity index is 401. The first kappa shape index (κ1) is 13.6. The molecule has 1 aliphatic carbocycles. The van der Waals surface area contributed by atoms with Gasteiger partial charge in [0.25, 0.3) is 0 Å². The van der Waals surface area contributed by atoms with E-state index in [-0.39, 0.29) is 0 Å². The van der Waals surface area contributed by atoms with Gasteiger partial charge in [-0.2, -0.15) is 0 Å². The third-order valence-electron chi connectivity index (χ3n) is 4.80. The van der Waals surface area contributed by atoms with Crippen molar-refractivity contribution >= 4 is 15.9 Å². The number of halogens is 1. The third-order valence-corrected chi connectivity index (χ3v) is 5.92. The number of ether oxygens (including phenoxy) is 1. The highest BCUT2D eigenvalue weighted by molar-refractivity contribution is 9.09. The van der Waals surface area contributed by atoms with Crippen LogP contribution in [0.3, 0.4) is 0 Å². The maximum Gasteiger partial charge on any atom is 0.0668 e. The van der Waals surface area contributed by atoms with Gasteiger partial charge in [0, 0.05) is 17.4 Å². The standard InChI is InChI=1S/C17H23BrO/c18-13-17(11-12-19-16(17)15-8-9-15)10-4-7-14-5-2-1-3-6-14/h1-3,5-6,15-16H,4,7-13H2. The van der Waals surface area contributed by atoms with Crippen LogP contribution >= 0.6 is 15.9 Å². The maximum atomic E-state index is 6.06. The third kappa shape index (κ3) is 3.05. The van der Waals surface area contributed by atoms with Crippen molar-refractivity contribution in [2.45, 2.75) is 44.6 Å². The molecule has 0 spiro atoms. The molecule has 0 aromatic heterocycles. The monoisotopic (exact) mass is 322 g/mol. The van der Waals surface area contributed by atoms with E-state index < -0.39 is 0 Å². The lowest BCUT2D eigenvalue weighted by molar-refractivity contribution is 0.0369. The van der Waals surface area contributed by atoms with E-state index in [1.165, 1.54) is 44.1 Å². The van der Waals surface area contributed by atoms with E-state index in [0.717, 1.165) is 17.9 Å². The van der Waals surface area contributed by atoms with Crippen molar-refractivity contribution in [1.82, 2.24) is 0 Å². The molecule has 0 radical (unpaired) electrons. The van der Waals surface area contributed by atoms with E-state index >= 15 is 0 Å². The zero-order valence-corrected chi connectivity index (χ0v) is 13.1. The van der Waals surface area contributed by atoms with Crippen molar-refractivity contribution in [3.8, 4) is 0 Å². The van der Waals surface area contributed by atoms with Crippen LogP contribution in [-0.4, -0.2) is 18.0 Å². The molecule has 2 aliphatic rings. The first-order valence-electron chi connectivity index (χ1n) is 7.56. The zero-order valence-electron chi connectivity index (χ0n) is 11.5. The second-order valence-electron chi connectivity index (χ2n) is 6.21. The van der Waals surface area contributed by atoms with Crippen molar-refractivity contribution in [3.05, 3.63) is 35.9 Å². The Labute approximate surface area is 124 Å². The Morgan fingerprint density at radius 1 is 1.21 bits per heavy atom. The average Bonchev–Trinajstić information content (AvgIpc) is 3.21. The normalized spacial score (nSPS) is 30.7. The minimum absolute atomic E-state index is 0.413. The van der Waals surface area contributed by atoms with Gasteiger partial charge >= 0.3 is 0 Å². The van der Waals surface area contributed by atoms with E-state index in [9.17, 15) is 0 Å². The van der Waals surface area contributed by atoms with Crippen LogP contribution in [0.1, 0.15) is 37.7 Å².